The lowest BCUT2D eigenvalue weighted by molar-refractivity contribution is -0.290. The molecular formula is C17H33N2O2. The van der Waals surface area contributed by atoms with Gasteiger partial charge in [-0.15, -0.1) is 10.3 Å². The summed E-state index contributed by atoms with van der Waals surface area (Å²) in [5.74, 6) is 0.141. The largest absolute Gasteiger partial charge is 0.353 e. The zero-order valence-corrected chi connectivity index (χ0v) is 14.5. The van der Waals surface area contributed by atoms with Gasteiger partial charge in [0.2, 0.25) is 5.91 Å². The quantitative estimate of drug-likeness (QED) is 0.726. The predicted octanol–water partition coefficient (Wildman–Crippen LogP) is 3.83. The van der Waals surface area contributed by atoms with Crippen molar-refractivity contribution < 1.29 is 10.0 Å². The van der Waals surface area contributed by atoms with Crippen molar-refractivity contribution in [2.24, 2.45) is 0 Å². The van der Waals surface area contributed by atoms with Gasteiger partial charge in [-0.2, -0.15) is 0 Å². The standard InChI is InChI=1S/C17H33N2O2/c1-6-7-8-9-10-11-15(20)18-14-12-16(2,3)19(21)17(4,5)13-14/h14H,6-13H2,1-5H3,(H,18,20). The molecule has 1 fully saturated rings. The van der Waals surface area contributed by atoms with Crippen LogP contribution in [-0.2, 0) is 10.0 Å². The smallest absolute Gasteiger partial charge is 0.220 e. The van der Waals surface area contributed by atoms with Gasteiger partial charge in [-0.3, -0.25) is 4.79 Å². The van der Waals surface area contributed by atoms with Crippen molar-refractivity contribution in [1.29, 1.82) is 0 Å². The summed E-state index contributed by atoms with van der Waals surface area (Å²) < 4.78 is 0. The summed E-state index contributed by atoms with van der Waals surface area (Å²) in [5, 5.41) is 16.6. The average Bonchev–Trinajstić information content (AvgIpc) is 2.35. The molecule has 1 heterocycles. The molecule has 0 unspecified atom stereocenters. The molecule has 1 radical (unpaired) electrons. The summed E-state index contributed by atoms with van der Waals surface area (Å²) in [7, 11) is 0. The topological polar surface area (TPSA) is 52.2 Å². The normalized spacial score (nSPS) is 22.2. The van der Waals surface area contributed by atoms with Crippen LogP contribution in [0.4, 0.5) is 0 Å². The molecule has 1 aliphatic rings. The van der Waals surface area contributed by atoms with Crippen molar-refractivity contribution in [2.45, 2.75) is 103 Å². The molecule has 4 nitrogen and oxygen atoms in total. The minimum Gasteiger partial charge on any atom is -0.353 e. The fourth-order valence-corrected chi connectivity index (χ4v) is 3.55. The maximum atomic E-state index is 12.3. The Labute approximate surface area is 130 Å². The van der Waals surface area contributed by atoms with Crippen molar-refractivity contribution in [3.8, 4) is 0 Å². The Morgan fingerprint density at radius 2 is 1.57 bits per heavy atom. The Kier molecular flexibility index (Phi) is 6.67. The van der Waals surface area contributed by atoms with Crippen LogP contribution >= 0.6 is 0 Å². The number of hydroxylamine groups is 2. The first kappa shape index (κ1) is 18.4. The third-order valence-electron chi connectivity index (χ3n) is 4.46. The van der Waals surface area contributed by atoms with E-state index >= 15 is 0 Å². The number of hydrogen-bond acceptors (Lipinski definition) is 2. The number of piperidine rings is 1. The van der Waals surface area contributed by atoms with Crippen LogP contribution in [0.5, 0.6) is 0 Å². The van der Waals surface area contributed by atoms with E-state index < -0.39 is 11.1 Å². The minimum atomic E-state index is -0.416. The van der Waals surface area contributed by atoms with Crippen LogP contribution in [-0.4, -0.2) is 28.1 Å². The van der Waals surface area contributed by atoms with Gasteiger partial charge in [0.05, 0.1) is 0 Å². The number of nitrogens with zero attached hydrogens (tertiary/aromatic N) is 1. The molecule has 1 saturated heterocycles. The molecule has 0 aliphatic carbocycles. The molecule has 1 amide bonds. The lowest BCUT2D eigenvalue weighted by Gasteiger charge is -2.50. The highest BCUT2D eigenvalue weighted by Gasteiger charge is 2.46. The average molecular weight is 297 g/mol. The van der Waals surface area contributed by atoms with Gasteiger partial charge in [-0.1, -0.05) is 32.6 Å². The molecule has 0 atom stereocenters. The second kappa shape index (κ2) is 7.59. The Morgan fingerprint density at radius 3 is 2.10 bits per heavy atom. The maximum Gasteiger partial charge on any atom is 0.220 e. The summed E-state index contributed by atoms with van der Waals surface area (Å²) in [6.45, 7) is 10.0. The molecule has 1 aliphatic heterocycles. The van der Waals surface area contributed by atoms with E-state index in [-0.39, 0.29) is 11.9 Å². The highest BCUT2D eigenvalue weighted by atomic mass is 16.5. The number of carbonyl (C=O) groups is 1. The van der Waals surface area contributed by atoms with Crippen LogP contribution in [0.3, 0.4) is 0 Å². The number of unbranched alkanes of at least 4 members (excludes halogenated alkanes) is 4. The van der Waals surface area contributed by atoms with Gasteiger partial charge in [0, 0.05) is 23.5 Å². The molecule has 0 aromatic carbocycles. The van der Waals surface area contributed by atoms with Gasteiger partial charge in [-0.25, -0.2) is 0 Å². The Bertz CT molecular complexity index is 322. The molecule has 1 N–H and O–H groups in total. The molecule has 0 bridgehead atoms. The second-order valence-corrected chi connectivity index (χ2v) is 7.76. The van der Waals surface area contributed by atoms with E-state index in [9.17, 15) is 10.0 Å². The number of nitrogens with one attached hydrogen (secondary N) is 1. The van der Waals surface area contributed by atoms with E-state index in [0.717, 1.165) is 25.7 Å². The van der Waals surface area contributed by atoms with E-state index in [4.69, 9.17) is 0 Å². The lowest BCUT2D eigenvalue weighted by atomic mass is 9.79. The summed E-state index contributed by atoms with van der Waals surface area (Å²) in [4.78, 5) is 12.0. The Morgan fingerprint density at radius 1 is 1.05 bits per heavy atom. The van der Waals surface area contributed by atoms with E-state index in [1.165, 1.54) is 24.3 Å². The Hall–Kier alpha value is -0.610. The molecule has 0 saturated carbocycles. The second-order valence-electron chi connectivity index (χ2n) is 7.76. The monoisotopic (exact) mass is 297 g/mol. The zero-order chi connectivity index (χ0) is 16.1. The minimum absolute atomic E-state index is 0.114. The SMILES string of the molecule is CCCCCCCC(=O)NC1CC(C)(C)N([O])C(C)(C)C1. The van der Waals surface area contributed by atoms with Crippen LogP contribution in [0.15, 0.2) is 0 Å². The van der Waals surface area contributed by atoms with Gasteiger partial charge >= 0.3 is 0 Å². The number of carbonyl (C=O) groups excluding carboxylic acids is 1. The van der Waals surface area contributed by atoms with Crippen molar-refractivity contribution in [2.75, 3.05) is 0 Å². The Balaban J connectivity index is 2.39. The summed E-state index contributed by atoms with van der Waals surface area (Å²) in [6.07, 6.45) is 7.87. The number of rotatable bonds is 7. The van der Waals surface area contributed by atoms with Gasteiger partial charge in [0.25, 0.3) is 0 Å². The molecular weight excluding hydrogens is 264 g/mol. The van der Waals surface area contributed by atoms with E-state index in [1.807, 2.05) is 27.7 Å². The van der Waals surface area contributed by atoms with Gasteiger partial charge < -0.3 is 5.32 Å². The van der Waals surface area contributed by atoms with Crippen molar-refractivity contribution in [3.63, 3.8) is 0 Å². The van der Waals surface area contributed by atoms with E-state index in [0.29, 0.717) is 6.42 Å². The highest BCUT2D eigenvalue weighted by Crippen LogP contribution is 2.36. The van der Waals surface area contributed by atoms with Crippen LogP contribution in [0.2, 0.25) is 0 Å². The molecule has 0 spiro atoms. The molecule has 0 aromatic rings. The third kappa shape index (κ3) is 5.59. The molecule has 1 rings (SSSR count). The van der Waals surface area contributed by atoms with E-state index in [2.05, 4.69) is 12.2 Å². The summed E-state index contributed by atoms with van der Waals surface area (Å²) in [6, 6.07) is 0.114. The third-order valence-corrected chi connectivity index (χ3v) is 4.46. The van der Waals surface area contributed by atoms with Gasteiger partial charge in [-0.05, 0) is 47.0 Å². The van der Waals surface area contributed by atoms with Crippen molar-refractivity contribution >= 4 is 5.91 Å². The first-order valence-corrected chi connectivity index (χ1v) is 8.46. The summed E-state index contributed by atoms with van der Waals surface area (Å²) >= 11 is 0. The first-order valence-electron chi connectivity index (χ1n) is 8.46. The lowest BCUT2D eigenvalue weighted by Crippen LogP contribution is -2.62. The number of amides is 1. The fraction of sp³-hybridized carbons (Fsp3) is 0.941. The fourth-order valence-electron chi connectivity index (χ4n) is 3.55. The van der Waals surface area contributed by atoms with Gasteiger partial charge in [0.15, 0.2) is 0 Å². The van der Waals surface area contributed by atoms with Gasteiger partial charge in [0.1, 0.15) is 0 Å². The van der Waals surface area contributed by atoms with Crippen LogP contribution in [0.25, 0.3) is 0 Å². The predicted molar refractivity (Wildman–Crippen MR) is 85.2 cm³/mol. The summed E-state index contributed by atoms with van der Waals surface area (Å²) in [5.41, 5.74) is -0.832. The van der Waals surface area contributed by atoms with Crippen molar-refractivity contribution in [1.82, 2.24) is 10.4 Å². The first-order chi connectivity index (χ1) is 9.69. The van der Waals surface area contributed by atoms with Crippen LogP contribution < -0.4 is 5.32 Å². The molecule has 123 valence electrons. The van der Waals surface area contributed by atoms with Crippen molar-refractivity contribution in [3.05, 3.63) is 0 Å². The molecule has 21 heavy (non-hydrogen) atoms. The number of hydrogen-bond donors (Lipinski definition) is 1. The maximum absolute atomic E-state index is 12.3. The van der Waals surface area contributed by atoms with Crippen LogP contribution in [0, 0.1) is 0 Å². The molecule has 4 heteroatoms. The highest BCUT2D eigenvalue weighted by molar-refractivity contribution is 5.76. The van der Waals surface area contributed by atoms with Crippen LogP contribution in [0.1, 0.15) is 86.0 Å². The molecule has 0 aromatic heterocycles. The van der Waals surface area contributed by atoms with E-state index in [1.54, 1.807) is 0 Å². The zero-order valence-electron chi connectivity index (χ0n) is 14.5.